The Morgan fingerprint density at radius 1 is 1.24 bits per heavy atom. The lowest BCUT2D eigenvalue weighted by Gasteiger charge is -2.15. The number of rotatable bonds is 7. The predicted octanol–water partition coefficient (Wildman–Crippen LogP) is 3.35. The van der Waals surface area contributed by atoms with Crippen LogP contribution >= 0.6 is 0 Å². The van der Waals surface area contributed by atoms with Crippen LogP contribution in [0.4, 0.5) is 0 Å². The number of aliphatic hydroxyl groups excluding tert-OH is 1. The van der Waals surface area contributed by atoms with Crippen LogP contribution in [-0.2, 0) is 11.2 Å². The van der Waals surface area contributed by atoms with Gasteiger partial charge in [-0.1, -0.05) is 44.5 Å². The van der Waals surface area contributed by atoms with E-state index in [1.807, 2.05) is 12.1 Å². The van der Waals surface area contributed by atoms with Crippen LogP contribution in [0.15, 0.2) is 24.3 Å². The smallest absolute Gasteiger partial charge is 0.0792 e. The first-order valence-corrected chi connectivity index (χ1v) is 6.43. The Labute approximate surface area is 105 Å². The van der Waals surface area contributed by atoms with Gasteiger partial charge in [0, 0.05) is 7.11 Å². The molecule has 0 heterocycles. The minimum atomic E-state index is -0.332. The van der Waals surface area contributed by atoms with Gasteiger partial charge < -0.3 is 9.84 Å². The zero-order valence-corrected chi connectivity index (χ0v) is 11.1. The number of aliphatic hydroxyl groups is 1. The van der Waals surface area contributed by atoms with Gasteiger partial charge in [-0.05, 0) is 29.9 Å². The molecule has 96 valence electrons. The second-order valence-electron chi connectivity index (χ2n) is 4.75. The number of hydrogen-bond acceptors (Lipinski definition) is 2. The highest BCUT2D eigenvalue weighted by atomic mass is 16.5. The maximum Gasteiger partial charge on any atom is 0.0792 e. The van der Waals surface area contributed by atoms with E-state index in [0.717, 1.165) is 31.4 Å². The number of ether oxygens (including phenoxy) is 1. The van der Waals surface area contributed by atoms with Crippen LogP contribution in [-0.4, -0.2) is 18.8 Å². The standard InChI is InChI=1S/C15H24O2/c1-4-12(2)11-15(16)14-7-5-13(6-8-14)9-10-17-3/h5-8,12,15-16H,4,9-11H2,1-3H3. The van der Waals surface area contributed by atoms with E-state index in [4.69, 9.17) is 4.74 Å². The van der Waals surface area contributed by atoms with E-state index in [9.17, 15) is 5.11 Å². The minimum absolute atomic E-state index is 0.332. The Balaban J connectivity index is 2.54. The highest BCUT2D eigenvalue weighted by Gasteiger charge is 2.10. The molecule has 17 heavy (non-hydrogen) atoms. The van der Waals surface area contributed by atoms with Gasteiger partial charge in [-0.15, -0.1) is 0 Å². The minimum Gasteiger partial charge on any atom is -0.388 e. The number of hydrogen-bond donors (Lipinski definition) is 1. The molecule has 0 aliphatic heterocycles. The van der Waals surface area contributed by atoms with Gasteiger partial charge in [0.25, 0.3) is 0 Å². The highest BCUT2D eigenvalue weighted by molar-refractivity contribution is 5.24. The van der Waals surface area contributed by atoms with E-state index in [0.29, 0.717) is 5.92 Å². The van der Waals surface area contributed by atoms with Crippen LogP contribution in [0, 0.1) is 5.92 Å². The molecule has 2 heteroatoms. The Kier molecular flexibility index (Phi) is 6.23. The fraction of sp³-hybridized carbons (Fsp3) is 0.600. The van der Waals surface area contributed by atoms with Gasteiger partial charge in [0.05, 0.1) is 12.7 Å². The van der Waals surface area contributed by atoms with Gasteiger partial charge in [-0.3, -0.25) is 0 Å². The Hall–Kier alpha value is -0.860. The molecule has 0 aromatic heterocycles. The molecule has 0 saturated carbocycles. The summed E-state index contributed by atoms with van der Waals surface area (Å²) in [6.45, 7) is 5.08. The molecular formula is C15H24O2. The summed E-state index contributed by atoms with van der Waals surface area (Å²) in [5.41, 5.74) is 2.28. The van der Waals surface area contributed by atoms with Crippen LogP contribution < -0.4 is 0 Å². The molecule has 0 fully saturated rings. The van der Waals surface area contributed by atoms with Crippen LogP contribution in [0.1, 0.15) is 43.9 Å². The van der Waals surface area contributed by atoms with E-state index in [1.54, 1.807) is 7.11 Å². The lowest BCUT2D eigenvalue weighted by atomic mass is 9.96. The fourth-order valence-corrected chi connectivity index (χ4v) is 1.81. The summed E-state index contributed by atoms with van der Waals surface area (Å²) in [5, 5.41) is 10.1. The molecule has 0 aliphatic rings. The molecule has 0 radical (unpaired) electrons. The van der Waals surface area contributed by atoms with E-state index >= 15 is 0 Å². The SMILES string of the molecule is CCC(C)CC(O)c1ccc(CCOC)cc1. The van der Waals surface area contributed by atoms with Crippen LogP contribution in [0.25, 0.3) is 0 Å². The van der Waals surface area contributed by atoms with Gasteiger partial charge in [-0.2, -0.15) is 0 Å². The van der Waals surface area contributed by atoms with E-state index in [2.05, 4.69) is 26.0 Å². The predicted molar refractivity (Wildman–Crippen MR) is 71.1 cm³/mol. The second-order valence-corrected chi connectivity index (χ2v) is 4.75. The molecule has 0 spiro atoms. The first-order chi connectivity index (χ1) is 8.17. The van der Waals surface area contributed by atoms with Gasteiger partial charge in [0.15, 0.2) is 0 Å². The molecule has 2 atom stereocenters. The molecule has 1 rings (SSSR count). The molecule has 0 amide bonds. The summed E-state index contributed by atoms with van der Waals surface area (Å²) < 4.78 is 5.04. The summed E-state index contributed by atoms with van der Waals surface area (Å²) in [6, 6.07) is 8.21. The molecule has 2 nitrogen and oxygen atoms in total. The third kappa shape index (κ3) is 4.88. The normalized spacial score (nSPS) is 14.6. The topological polar surface area (TPSA) is 29.5 Å². The largest absolute Gasteiger partial charge is 0.388 e. The quantitative estimate of drug-likeness (QED) is 0.786. The van der Waals surface area contributed by atoms with Crippen LogP contribution in [0.3, 0.4) is 0 Å². The third-order valence-electron chi connectivity index (χ3n) is 3.28. The second kappa shape index (κ2) is 7.46. The molecule has 1 aromatic rings. The Morgan fingerprint density at radius 3 is 2.41 bits per heavy atom. The van der Waals surface area contributed by atoms with Crippen molar-refractivity contribution in [2.75, 3.05) is 13.7 Å². The molecule has 0 bridgehead atoms. The van der Waals surface area contributed by atoms with Crippen molar-refractivity contribution in [1.29, 1.82) is 0 Å². The van der Waals surface area contributed by atoms with Crippen molar-refractivity contribution >= 4 is 0 Å². The maximum absolute atomic E-state index is 10.1. The molecule has 2 unspecified atom stereocenters. The summed E-state index contributed by atoms with van der Waals surface area (Å²) in [5.74, 6) is 0.568. The Bertz CT molecular complexity index is 305. The first kappa shape index (κ1) is 14.2. The highest BCUT2D eigenvalue weighted by Crippen LogP contribution is 2.23. The average Bonchev–Trinajstić information content (AvgIpc) is 2.36. The maximum atomic E-state index is 10.1. The molecular weight excluding hydrogens is 212 g/mol. The molecule has 1 N–H and O–H groups in total. The van der Waals surface area contributed by atoms with Crippen molar-refractivity contribution < 1.29 is 9.84 Å². The van der Waals surface area contributed by atoms with Crippen molar-refractivity contribution in [3.63, 3.8) is 0 Å². The zero-order valence-electron chi connectivity index (χ0n) is 11.1. The van der Waals surface area contributed by atoms with Crippen molar-refractivity contribution in [3.8, 4) is 0 Å². The lowest BCUT2D eigenvalue weighted by molar-refractivity contribution is 0.146. The first-order valence-electron chi connectivity index (χ1n) is 6.43. The van der Waals surface area contributed by atoms with E-state index < -0.39 is 0 Å². The summed E-state index contributed by atoms with van der Waals surface area (Å²) in [7, 11) is 1.71. The van der Waals surface area contributed by atoms with Gasteiger partial charge in [-0.25, -0.2) is 0 Å². The van der Waals surface area contributed by atoms with Gasteiger partial charge in [0.2, 0.25) is 0 Å². The monoisotopic (exact) mass is 236 g/mol. The van der Waals surface area contributed by atoms with Crippen molar-refractivity contribution in [3.05, 3.63) is 35.4 Å². The Morgan fingerprint density at radius 2 is 1.88 bits per heavy atom. The van der Waals surface area contributed by atoms with E-state index in [1.165, 1.54) is 5.56 Å². The lowest BCUT2D eigenvalue weighted by Crippen LogP contribution is -2.04. The molecule has 1 aromatic carbocycles. The summed E-state index contributed by atoms with van der Waals surface area (Å²) in [6.07, 6.45) is 2.55. The molecule has 0 aliphatic carbocycles. The van der Waals surface area contributed by atoms with Crippen molar-refractivity contribution in [1.82, 2.24) is 0 Å². The number of methoxy groups -OCH3 is 1. The zero-order chi connectivity index (χ0) is 12.7. The molecule has 0 saturated heterocycles. The van der Waals surface area contributed by atoms with Crippen molar-refractivity contribution in [2.24, 2.45) is 5.92 Å². The summed E-state index contributed by atoms with van der Waals surface area (Å²) >= 11 is 0. The average molecular weight is 236 g/mol. The number of benzene rings is 1. The van der Waals surface area contributed by atoms with Gasteiger partial charge >= 0.3 is 0 Å². The van der Waals surface area contributed by atoms with Crippen LogP contribution in [0.2, 0.25) is 0 Å². The van der Waals surface area contributed by atoms with Crippen molar-refractivity contribution in [2.45, 2.75) is 39.2 Å². The summed E-state index contributed by atoms with van der Waals surface area (Å²) in [4.78, 5) is 0. The van der Waals surface area contributed by atoms with Gasteiger partial charge in [0.1, 0.15) is 0 Å². The fourth-order valence-electron chi connectivity index (χ4n) is 1.81. The van der Waals surface area contributed by atoms with E-state index in [-0.39, 0.29) is 6.10 Å². The van der Waals surface area contributed by atoms with Crippen LogP contribution in [0.5, 0.6) is 0 Å². The third-order valence-corrected chi connectivity index (χ3v) is 3.28.